The second-order valence-corrected chi connectivity index (χ2v) is 7.95. The minimum absolute atomic E-state index is 0.0602. The molecule has 1 atom stereocenters. The number of nitrogens with one attached hydrogen (secondary N) is 3. The third kappa shape index (κ3) is 3.86. The molecular formula is C24H22N6O4. The number of fused-ring (bicyclic) bond motifs is 1. The molecule has 0 aliphatic rings. The monoisotopic (exact) mass is 458 g/mol. The summed E-state index contributed by atoms with van der Waals surface area (Å²) in [6, 6.07) is 9.73. The molecule has 0 bridgehead atoms. The molecule has 10 heteroatoms. The average Bonchev–Trinajstić information content (AvgIpc) is 3.49. The van der Waals surface area contributed by atoms with Gasteiger partial charge in [-0.3, -0.25) is 4.79 Å². The SMILES string of the molecule is Cc1cc(-n2ccnc2)cc2[nH]c(-c3c(NCC(O)c4ccc(O)c(O)c4)cc[nH]c3=O)nc12. The maximum Gasteiger partial charge on any atom is 0.261 e. The number of benzene rings is 2. The molecule has 0 aliphatic heterocycles. The topological polar surface area (TPSA) is 152 Å². The fourth-order valence-corrected chi connectivity index (χ4v) is 3.88. The number of imidazole rings is 2. The Kier molecular flexibility index (Phi) is 5.27. The first-order valence-electron chi connectivity index (χ1n) is 10.6. The minimum atomic E-state index is -0.991. The molecule has 0 saturated heterocycles. The molecule has 0 aliphatic carbocycles. The predicted octanol–water partition coefficient (Wildman–Crippen LogP) is 2.97. The van der Waals surface area contributed by atoms with Gasteiger partial charge in [0.25, 0.3) is 5.56 Å². The standard InChI is InChI=1S/C24H22N6O4/c1-13-8-15(30-7-6-25-12-30)10-17-22(13)29-23(28-17)21-16(4-5-26-24(21)34)27-11-20(33)14-2-3-18(31)19(32)9-14/h2-10,12,20,31-33H,11H2,1H3,(H,28,29)(H2,26,27,34). The van der Waals surface area contributed by atoms with E-state index in [2.05, 4.69) is 25.3 Å². The van der Waals surface area contributed by atoms with Crippen molar-refractivity contribution in [2.75, 3.05) is 11.9 Å². The van der Waals surface area contributed by atoms with Crippen LogP contribution in [0.1, 0.15) is 17.2 Å². The summed E-state index contributed by atoms with van der Waals surface area (Å²) in [5.74, 6) is -0.194. The van der Waals surface area contributed by atoms with Crippen molar-refractivity contribution in [2.45, 2.75) is 13.0 Å². The summed E-state index contributed by atoms with van der Waals surface area (Å²) >= 11 is 0. The molecule has 5 aromatic rings. The van der Waals surface area contributed by atoms with Crippen LogP contribution in [0.15, 0.2) is 66.1 Å². The summed E-state index contributed by atoms with van der Waals surface area (Å²) in [5, 5.41) is 32.8. The molecule has 172 valence electrons. The first-order valence-corrected chi connectivity index (χ1v) is 10.6. The van der Waals surface area contributed by atoms with Crippen molar-refractivity contribution in [3.8, 4) is 28.6 Å². The van der Waals surface area contributed by atoms with Gasteiger partial charge in [0.1, 0.15) is 11.4 Å². The van der Waals surface area contributed by atoms with Crippen LogP contribution in [0.4, 0.5) is 5.69 Å². The molecule has 1 unspecified atom stereocenters. The van der Waals surface area contributed by atoms with Crippen LogP contribution >= 0.6 is 0 Å². The summed E-state index contributed by atoms with van der Waals surface area (Å²) in [4.78, 5) is 27.4. The van der Waals surface area contributed by atoms with Crippen molar-refractivity contribution in [1.29, 1.82) is 0 Å². The molecule has 3 heterocycles. The van der Waals surface area contributed by atoms with Gasteiger partial charge in [-0.25, -0.2) is 9.97 Å². The van der Waals surface area contributed by atoms with E-state index >= 15 is 0 Å². The number of aliphatic hydroxyl groups excluding tert-OH is 1. The maximum absolute atomic E-state index is 12.8. The van der Waals surface area contributed by atoms with Gasteiger partial charge in [-0.1, -0.05) is 6.07 Å². The lowest BCUT2D eigenvalue weighted by Crippen LogP contribution is -2.17. The van der Waals surface area contributed by atoms with Crippen LogP contribution in [0, 0.1) is 6.92 Å². The second-order valence-electron chi connectivity index (χ2n) is 7.95. The highest BCUT2D eigenvalue weighted by Gasteiger charge is 2.17. The Morgan fingerprint density at radius 3 is 2.76 bits per heavy atom. The van der Waals surface area contributed by atoms with Gasteiger partial charge in [0.2, 0.25) is 0 Å². The van der Waals surface area contributed by atoms with Gasteiger partial charge in [0, 0.05) is 30.8 Å². The fourth-order valence-electron chi connectivity index (χ4n) is 3.88. The van der Waals surface area contributed by atoms with Crippen LogP contribution in [-0.4, -0.2) is 46.4 Å². The van der Waals surface area contributed by atoms with E-state index in [1.54, 1.807) is 18.6 Å². The van der Waals surface area contributed by atoms with E-state index in [0.29, 0.717) is 22.6 Å². The van der Waals surface area contributed by atoms with Gasteiger partial charge in [-0.2, -0.15) is 0 Å². The number of pyridine rings is 1. The number of phenols is 2. The third-order valence-electron chi connectivity index (χ3n) is 5.63. The highest BCUT2D eigenvalue weighted by molar-refractivity contribution is 5.86. The summed E-state index contributed by atoms with van der Waals surface area (Å²) in [6.45, 7) is 2.01. The van der Waals surface area contributed by atoms with Gasteiger partial charge in [0.05, 0.1) is 29.2 Å². The predicted molar refractivity (Wildman–Crippen MR) is 127 cm³/mol. The van der Waals surface area contributed by atoms with Crippen LogP contribution in [0.2, 0.25) is 0 Å². The third-order valence-corrected chi connectivity index (χ3v) is 5.63. The van der Waals surface area contributed by atoms with Crippen molar-refractivity contribution in [3.63, 3.8) is 0 Å². The molecule has 0 radical (unpaired) electrons. The summed E-state index contributed by atoms with van der Waals surface area (Å²) in [5.41, 5.74) is 4.24. The van der Waals surface area contributed by atoms with Crippen molar-refractivity contribution in [1.82, 2.24) is 24.5 Å². The Balaban J connectivity index is 1.48. The number of rotatable bonds is 6. The van der Waals surface area contributed by atoms with Crippen molar-refractivity contribution in [2.24, 2.45) is 0 Å². The lowest BCUT2D eigenvalue weighted by Gasteiger charge is -2.15. The lowest BCUT2D eigenvalue weighted by atomic mass is 10.1. The number of nitrogens with zero attached hydrogens (tertiary/aromatic N) is 3. The van der Waals surface area contributed by atoms with Gasteiger partial charge in [-0.05, 0) is 48.4 Å². The number of aromatic amines is 2. The smallest absolute Gasteiger partial charge is 0.261 e. The Bertz CT molecular complexity index is 1540. The maximum atomic E-state index is 12.8. The van der Waals surface area contributed by atoms with Crippen LogP contribution < -0.4 is 10.9 Å². The normalized spacial score (nSPS) is 12.2. The zero-order chi connectivity index (χ0) is 23.8. The van der Waals surface area contributed by atoms with E-state index in [-0.39, 0.29) is 23.6 Å². The Morgan fingerprint density at radius 2 is 2.00 bits per heavy atom. The van der Waals surface area contributed by atoms with Crippen molar-refractivity contribution < 1.29 is 15.3 Å². The van der Waals surface area contributed by atoms with E-state index in [1.807, 2.05) is 29.8 Å². The number of aryl methyl sites for hydroxylation is 1. The molecule has 0 saturated carbocycles. The Hall–Kier alpha value is -4.57. The summed E-state index contributed by atoms with van der Waals surface area (Å²) in [7, 11) is 0. The van der Waals surface area contributed by atoms with Gasteiger partial charge in [0.15, 0.2) is 11.5 Å². The first kappa shape index (κ1) is 21.3. The summed E-state index contributed by atoms with van der Waals surface area (Å²) < 4.78 is 1.89. The molecule has 0 fully saturated rings. The molecule has 0 amide bonds. The number of hydrogen-bond donors (Lipinski definition) is 6. The molecule has 2 aromatic carbocycles. The van der Waals surface area contributed by atoms with E-state index in [0.717, 1.165) is 22.3 Å². The number of aliphatic hydroxyl groups is 1. The fraction of sp³-hybridized carbons (Fsp3) is 0.125. The Morgan fingerprint density at radius 1 is 1.15 bits per heavy atom. The molecule has 10 nitrogen and oxygen atoms in total. The summed E-state index contributed by atoms with van der Waals surface area (Å²) in [6.07, 6.45) is 5.78. The largest absolute Gasteiger partial charge is 0.504 e. The van der Waals surface area contributed by atoms with Crippen LogP contribution in [0.5, 0.6) is 11.5 Å². The number of aromatic nitrogens is 5. The zero-order valence-corrected chi connectivity index (χ0v) is 18.1. The molecule has 3 aromatic heterocycles. The van der Waals surface area contributed by atoms with E-state index in [1.165, 1.54) is 24.4 Å². The quantitative estimate of drug-likeness (QED) is 0.214. The van der Waals surface area contributed by atoms with Crippen LogP contribution in [0.3, 0.4) is 0 Å². The molecular weight excluding hydrogens is 436 g/mol. The van der Waals surface area contributed by atoms with Crippen LogP contribution in [0.25, 0.3) is 28.1 Å². The number of phenolic OH excluding ortho intramolecular Hbond substituents is 2. The lowest BCUT2D eigenvalue weighted by molar-refractivity contribution is 0.191. The van der Waals surface area contributed by atoms with Gasteiger partial charge >= 0.3 is 0 Å². The number of H-pyrrole nitrogens is 2. The van der Waals surface area contributed by atoms with E-state index in [9.17, 15) is 20.1 Å². The van der Waals surface area contributed by atoms with Gasteiger partial charge < -0.3 is 35.2 Å². The second kappa shape index (κ2) is 8.41. The minimum Gasteiger partial charge on any atom is -0.504 e. The van der Waals surface area contributed by atoms with Gasteiger partial charge in [-0.15, -0.1) is 0 Å². The van der Waals surface area contributed by atoms with E-state index in [4.69, 9.17) is 0 Å². The van der Waals surface area contributed by atoms with E-state index < -0.39 is 6.10 Å². The number of aromatic hydroxyl groups is 2. The zero-order valence-electron chi connectivity index (χ0n) is 18.1. The molecule has 5 rings (SSSR count). The molecule has 6 N–H and O–H groups in total. The van der Waals surface area contributed by atoms with Crippen molar-refractivity contribution in [3.05, 3.63) is 82.8 Å². The Labute approximate surface area is 193 Å². The van der Waals surface area contributed by atoms with Crippen LogP contribution in [-0.2, 0) is 0 Å². The molecule has 0 spiro atoms. The number of anilines is 1. The van der Waals surface area contributed by atoms with Crippen molar-refractivity contribution >= 4 is 16.7 Å². The molecule has 34 heavy (non-hydrogen) atoms. The first-order chi connectivity index (χ1) is 16.4. The highest BCUT2D eigenvalue weighted by Crippen LogP contribution is 2.30. The number of hydrogen-bond acceptors (Lipinski definition) is 7. The average molecular weight is 458 g/mol. The highest BCUT2D eigenvalue weighted by atomic mass is 16.3.